The molecule has 0 aliphatic rings. The second-order valence-electron chi connectivity index (χ2n) is 5.86. The number of carboxylic acids is 1. The van der Waals surface area contributed by atoms with Crippen molar-refractivity contribution < 1.29 is 36.2 Å². The third kappa shape index (κ3) is 4.20. The smallest absolute Gasteiger partial charge is 0.416 e. The van der Waals surface area contributed by atoms with E-state index >= 15 is 0 Å². The third-order valence-electron chi connectivity index (χ3n) is 3.93. The molecule has 3 rings (SSSR count). The molecular formula is C17H10F6N4O2. The normalized spacial score (nSPS) is 12.2. The lowest BCUT2D eigenvalue weighted by molar-refractivity contribution is -0.141. The number of carboxylic acid groups (broad SMARTS) is 1. The predicted molar refractivity (Wildman–Crippen MR) is 85.8 cm³/mol. The van der Waals surface area contributed by atoms with Crippen LogP contribution in [0, 0.1) is 0 Å². The van der Waals surface area contributed by atoms with Crippen LogP contribution >= 0.6 is 0 Å². The van der Waals surface area contributed by atoms with Gasteiger partial charge in [0.15, 0.2) is 5.69 Å². The van der Waals surface area contributed by atoms with Crippen LogP contribution < -0.4 is 0 Å². The molecule has 2 heterocycles. The first-order valence-electron chi connectivity index (χ1n) is 7.83. The molecule has 0 aliphatic heterocycles. The predicted octanol–water partition coefficient (Wildman–Crippen LogP) is 4.12. The maximum atomic E-state index is 13.3. The van der Waals surface area contributed by atoms with E-state index in [0.29, 0.717) is 18.2 Å². The van der Waals surface area contributed by atoms with Gasteiger partial charge in [0.05, 0.1) is 17.7 Å². The second-order valence-corrected chi connectivity index (χ2v) is 5.86. The Morgan fingerprint density at radius 3 is 2.34 bits per heavy atom. The number of alkyl halides is 6. The number of pyridine rings is 1. The van der Waals surface area contributed by atoms with Gasteiger partial charge in [0.25, 0.3) is 0 Å². The lowest BCUT2D eigenvalue weighted by atomic mass is 10.0. The Balaban J connectivity index is 2.17. The fraction of sp³-hybridized carbons (Fsp3) is 0.176. The number of benzene rings is 1. The number of aromatic nitrogens is 4. The molecule has 0 atom stereocenters. The zero-order valence-corrected chi connectivity index (χ0v) is 14.2. The van der Waals surface area contributed by atoms with Crippen molar-refractivity contribution in [2.75, 3.05) is 0 Å². The van der Waals surface area contributed by atoms with Crippen LogP contribution in [0.15, 0.2) is 42.7 Å². The molecule has 0 saturated carbocycles. The maximum absolute atomic E-state index is 13.3. The van der Waals surface area contributed by atoms with E-state index in [4.69, 9.17) is 0 Å². The highest BCUT2D eigenvalue weighted by Gasteiger charge is 2.37. The number of carbonyl (C=O) groups is 1. The van der Waals surface area contributed by atoms with Crippen LogP contribution in [0.25, 0.3) is 11.3 Å². The van der Waals surface area contributed by atoms with Gasteiger partial charge in [-0.1, -0.05) is 5.21 Å². The van der Waals surface area contributed by atoms with E-state index in [-0.39, 0.29) is 11.3 Å². The number of aromatic carboxylic acids is 1. The molecule has 0 aliphatic carbocycles. The van der Waals surface area contributed by atoms with Crippen LogP contribution in [-0.4, -0.2) is 31.1 Å². The molecule has 6 nitrogen and oxygen atoms in total. The van der Waals surface area contributed by atoms with Gasteiger partial charge in [-0.3, -0.25) is 4.98 Å². The third-order valence-corrected chi connectivity index (χ3v) is 3.93. The van der Waals surface area contributed by atoms with Gasteiger partial charge in [0, 0.05) is 18.0 Å². The van der Waals surface area contributed by atoms with Crippen molar-refractivity contribution in [1.82, 2.24) is 20.0 Å². The lowest BCUT2D eigenvalue weighted by Gasteiger charge is -2.16. The molecule has 0 amide bonds. The molecule has 3 aromatic rings. The minimum Gasteiger partial charge on any atom is -0.476 e. The minimum atomic E-state index is -4.93. The first-order chi connectivity index (χ1) is 13.5. The summed E-state index contributed by atoms with van der Waals surface area (Å²) in [7, 11) is 0. The standard InChI is InChI=1S/C17H10F6N4O2/c18-16(19,20)11-3-4-12(17(21,22)23)10(6-11)8-27-14(9-2-1-5-24-7-9)13(15(28)29)25-26-27/h1-7H,8H2,(H,28,29). The number of rotatable bonds is 4. The Bertz CT molecular complexity index is 1040. The first-order valence-corrected chi connectivity index (χ1v) is 7.83. The van der Waals surface area contributed by atoms with Crippen LogP contribution in [-0.2, 0) is 18.9 Å². The van der Waals surface area contributed by atoms with Crippen LogP contribution in [0.1, 0.15) is 27.2 Å². The summed E-state index contributed by atoms with van der Waals surface area (Å²) in [6.45, 7) is -0.788. The molecule has 0 radical (unpaired) electrons. The second kappa shape index (κ2) is 7.18. The minimum absolute atomic E-state index is 0.176. The molecule has 12 heteroatoms. The summed E-state index contributed by atoms with van der Waals surface area (Å²) in [6.07, 6.45) is -7.17. The molecule has 0 spiro atoms. The number of halogens is 6. The summed E-state index contributed by atoms with van der Waals surface area (Å²) in [6, 6.07) is 3.89. The van der Waals surface area contributed by atoms with E-state index in [2.05, 4.69) is 15.3 Å². The summed E-state index contributed by atoms with van der Waals surface area (Å²) >= 11 is 0. The van der Waals surface area contributed by atoms with Crippen LogP contribution in [0.2, 0.25) is 0 Å². The Labute approximate surface area is 158 Å². The van der Waals surface area contributed by atoms with Crippen LogP contribution in [0.4, 0.5) is 26.3 Å². The van der Waals surface area contributed by atoms with Crippen molar-refractivity contribution in [3.63, 3.8) is 0 Å². The van der Waals surface area contributed by atoms with Crippen molar-refractivity contribution in [2.24, 2.45) is 0 Å². The van der Waals surface area contributed by atoms with E-state index < -0.39 is 47.3 Å². The van der Waals surface area contributed by atoms with Crippen molar-refractivity contribution in [1.29, 1.82) is 0 Å². The first kappa shape index (κ1) is 20.3. The topological polar surface area (TPSA) is 80.9 Å². The Kier molecular flexibility index (Phi) is 5.03. The quantitative estimate of drug-likeness (QED) is 0.647. The molecule has 0 fully saturated rings. The van der Waals surface area contributed by atoms with E-state index in [9.17, 15) is 36.2 Å². The lowest BCUT2D eigenvalue weighted by Crippen LogP contribution is -2.16. The average molecular weight is 416 g/mol. The monoisotopic (exact) mass is 416 g/mol. The van der Waals surface area contributed by atoms with Gasteiger partial charge in [-0.15, -0.1) is 5.10 Å². The molecule has 0 saturated heterocycles. The molecule has 29 heavy (non-hydrogen) atoms. The van der Waals surface area contributed by atoms with Crippen LogP contribution in [0.3, 0.4) is 0 Å². The molecule has 1 N–H and O–H groups in total. The fourth-order valence-electron chi connectivity index (χ4n) is 2.70. The summed E-state index contributed by atoms with van der Waals surface area (Å²) < 4.78 is 79.7. The highest BCUT2D eigenvalue weighted by atomic mass is 19.4. The van der Waals surface area contributed by atoms with Crippen molar-refractivity contribution in [3.05, 3.63) is 65.1 Å². The zero-order chi connectivity index (χ0) is 21.4. The Morgan fingerprint density at radius 2 is 1.79 bits per heavy atom. The summed E-state index contributed by atoms with van der Waals surface area (Å²) in [5, 5.41) is 16.2. The van der Waals surface area contributed by atoms with Gasteiger partial charge in [0.2, 0.25) is 0 Å². The van der Waals surface area contributed by atoms with Gasteiger partial charge in [0.1, 0.15) is 5.69 Å². The summed E-state index contributed by atoms with van der Waals surface area (Å²) in [5.41, 5.74) is -3.89. The molecule has 152 valence electrons. The van der Waals surface area contributed by atoms with Crippen molar-refractivity contribution in [3.8, 4) is 11.3 Å². The van der Waals surface area contributed by atoms with Gasteiger partial charge in [-0.05, 0) is 35.9 Å². The average Bonchev–Trinajstić information content (AvgIpc) is 3.04. The van der Waals surface area contributed by atoms with Crippen LogP contribution in [0.5, 0.6) is 0 Å². The van der Waals surface area contributed by atoms with Gasteiger partial charge < -0.3 is 5.11 Å². The zero-order valence-electron chi connectivity index (χ0n) is 14.2. The van der Waals surface area contributed by atoms with Crippen molar-refractivity contribution in [2.45, 2.75) is 18.9 Å². The number of nitrogens with zero attached hydrogens (tertiary/aromatic N) is 4. The summed E-state index contributed by atoms with van der Waals surface area (Å²) in [5.74, 6) is -1.50. The maximum Gasteiger partial charge on any atom is 0.416 e. The highest BCUT2D eigenvalue weighted by Crippen LogP contribution is 2.37. The number of hydrogen-bond donors (Lipinski definition) is 1. The molecule has 0 unspecified atom stereocenters. The van der Waals surface area contributed by atoms with Gasteiger partial charge >= 0.3 is 18.3 Å². The molecule has 1 aromatic carbocycles. The Morgan fingerprint density at radius 1 is 1.07 bits per heavy atom. The van der Waals surface area contributed by atoms with E-state index in [1.54, 1.807) is 0 Å². The van der Waals surface area contributed by atoms with E-state index in [0.717, 1.165) is 4.68 Å². The Hall–Kier alpha value is -3.44. The largest absolute Gasteiger partial charge is 0.476 e. The van der Waals surface area contributed by atoms with Gasteiger partial charge in [-0.2, -0.15) is 26.3 Å². The van der Waals surface area contributed by atoms with E-state index in [1.807, 2.05) is 0 Å². The highest BCUT2D eigenvalue weighted by molar-refractivity contribution is 5.92. The van der Waals surface area contributed by atoms with E-state index in [1.165, 1.54) is 24.5 Å². The molecular weight excluding hydrogens is 406 g/mol. The fourth-order valence-corrected chi connectivity index (χ4v) is 2.70. The summed E-state index contributed by atoms with van der Waals surface area (Å²) in [4.78, 5) is 15.2. The number of hydrogen-bond acceptors (Lipinski definition) is 4. The van der Waals surface area contributed by atoms with Gasteiger partial charge in [-0.25, -0.2) is 9.48 Å². The SMILES string of the molecule is O=C(O)c1nnn(Cc2cc(C(F)(F)F)ccc2C(F)(F)F)c1-c1cccnc1. The molecule has 2 aromatic heterocycles. The van der Waals surface area contributed by atoms with Crippen molar-refractivity contribution >= 4 is 5.97 Å². The molecule has 0 bridgehead atoms.